The molecule has 2 aromatic carbocycles. The van der Waals surface area contributed by atoms with E-state index in [0.717, 1.165) is 25.6 Å². The third-order valence-electron chi connectivity index (χ3n) is 2.32. The summed E-state index contributed by atoms with van der Waals surface area (Å²) >= 11 is 7.03. The molecule has 2 rings (SSSR count). The number of nitrogens with two attached hydrogens (primary N) is 1. The number of benzene rings is 2. The van der Waals surface area contributed by atoms with Gasteiger partial charge < -0.3 is 5.73 Å². The zero-order valence-corrected chi connectivity index (χ0v) is 11.7. The first-order valence-electron chi connectivity index (χ1n) is 4.87. The first kappa shape index (κ1) is 11.8. The number of hydrogen-bond donors (Lipinski definition) is 1. The topological polar surface area (TPSA) is 26.0 Å². The minimum atomic E-state index is 0.513. The van der Waals surface area contributed by atoms with Crippen molar-refractivity contribution in [3.63, 3.8) is 0 Å². The second-order valence-electron chi connectivity index (χ2n) is 3.43. The lowest BCUT2D eigenvalue weighted by Gasteiger charge is -2.07. The van der Waals surface area contributed by atoms with Gasteiger partial charge in [0.2, 0.25) is 0 Å². The molecule has 0 fully saturated rings. The summed E-state index contributed by atoms with van der Waals surface area (Å²) in [6.45, 7) is 0.513. The van der Waals surface area contributed by atoms with Gasteiger partial charge in [0.1, 0.15) is 0 Å². The molecule has 0 bridgehead atoms. The number of hydrogen-bond acceptors (Lipinski definition) is 1. The van der Waals surface area contributed by atoms with Gasteiger partial charge >= 0.3 is 0 Å². The standard InChI is InChI=1S/C13H10Br2N/c14-11-4-5-13(15)12(7-11)10-3-1-2-9(6-10)8-16/h1,3-7H,8,16H2. The normalized spacial score (nSPS) is 10.4. The van der Waals surface area contributed by atoms with Crippen LogP contribution in [0.15, 0.2) is 45.3 Å². The molecule has 0 amide bonds. The van der Waals surface area contributed by atoms with Crippen LogP contribution in [0.4, 0.5) is 0 Å². The van der Waals surface area contributed by atoms with Gasteiger partial charge in [-0.2, -0.15) is 0 Å². The fourth-order valence-electron chi connectivity index (χ4n) is 1.52. The van der Waals surface area contributed by atoms with E-state index in [1.54, 1.807) is 0 Å². The van der Waals surface area contributed by atoms with Crippen molar-refractivity contribution in [1.29, 1.82) is 0 Å². The molecule has 2 aromatic rings. The summed E-state index contributed by atoms with van der Waals surface area (Å²) in [5.41, 5.74) is 8.93. The fourth-order valence-corrected chi connectivity index (χ4v) is 2.36. The SMILES string of the molecule is NCc1[c]ccc(-c2cc(Br)ccc2Br)c1. The first-order valence-corrected chi connectivity index (χ1v) is 6.45. The minimum absolute atomic E-state index is 0.513. The summed E-state index contributed by atoms with van der Waals surface area (Å²) in [6, 6.07) is 15.2. The second-order valence-corrected chi connectivity index (χ2v) is 5.20. The molecule has 3 heteroatoms. The average molecular weight is 340 g/mol. The van der Waals surface area contributed by atoms with Gasteiger partial charge in [0.15, 0.2) is 0 Å². The maximum atomic E-state index is 5.61. The molecule has 81 valence electrons. The van der Waals surface area contributed by atoms with Crippen molar-refractivity contribution in [3.8, 4) is 11.1 Å². The highest BCUT2D eigenvalue weighted by Gasteiger charge is 2.04. The Hall–Kier alpha value is -0.640. The maximum Gasteiger partial charge on any atom is 0.0254 e. The summed E-state index contributed by atoms with van der Waals surface area (Å²) in [5, 5.41) is 0. The summed E-state index contributed by atoms with van der Waals surface area (Å²) in [5.74, 6) is 0. The molecule has 0 aliphatic heterocycles. The molecule has 16 heavy (non-hydrogen) atoms. The van der Waals surface area contributed by atoms with E-state index in [2.05, 4.69) is 50.1 Å². The van der Waals surface area contributed by atoms with Gasteiger partial charge in [-0.1, -0.05) is 44.0 Å². The smallest absolute Gasteiger partial charge is 0.0254 e. The van der Waals surface area contributed by atoms with Crippen molar-refractivity contribution in [3.05, 3.63) is 57.0 Å². The van der Waals surface area contributed by atoms with Crippen LogP contribution < -0.4 is 5.73 Å². The van der Waals surface area contributed by atoms with Crippen LogP contribution in [-0.4, -0.2) is 0 Å². The van der Waals surface area contributed by atoms with E-state index in [-0.39, 0.29) is 0 Å². The average Bonchev–Trinajstić information content (AvgIpc) is 2.32. The summed E-state index contributed by atoms with van der Waals surface area (Å²) in [4.78, 5) is 0. The van der Waals surface area contributed by atoms with E-state index >= 15 is 0 Å². The molecule has 0 heterocycles. The molecule has 0 aromatic heterocycles. The zero-order valence-electron chi connectivity index (χ0n) is 8.50. The summed E-state index contributed by atoms with van der Waals surface area (Å²) in [7, 11) is 0. The molecule has 1 nitrogen and oxygen atoms in total. The Balaban J connectivity index is 2.53. The van der Waals surface area contributed by atoms with Gasteiger partial charge in [-0.25, -0.2) is 0 Å². The zero-order chi connectivity index (χ0) is 11.5. The van der Waals surface area contributed by atoms with Crippen LogP contribution in [0.25, 0.3) is 11.1 Å². The predicted molar refractivity (Wildman–Crippen MR) is 74.0 cm³/mol. The van der Waals surface area contributed by atoms with Crippen LogP contribution in [0.3, 0.4) is 0 Å². The van der Waals surface area contributed by atoms with E-state index in [1.807, 2.05) is 24.3 Å². The van der Waals surface area contributed by atoms with Gasteiger partial charge in [0.05, 0.1) is 0 Å². The van der Waals surface area contributed by atoms with Crippen LogP contribution >= 0.6 is 31.9 Å². The molecular weight excluding hydrogens is 330 g/mol. The lowest BCUT2D eigenvalue weighted by atomic mass is 10.0. The quantitative estimate of drug-likeness (QED) is 0.874. The second kappa shape index (κ2) is 5.13. The molecule has 0 spiro atoms. The van der Waals surface area contributed by atoms with Crippen LogP contribution in [0.1, 0.15) is 5.56 Å². The predicted octanol–water partition coefficient (Wildman–Crippen LogP) is 4.14. The number of halogens is 2. The van der Waals surface area contributed by atoms with E-state index in [9.17, 15) is 0 Å². The fraction of sp³-hybridized carbons (Fsp3) is 0.0769. The Morgan fingerprint density at radius 1 is 1.12 bits per heavy atom. The van der Waals surface area contributed by atoms with E-state index < -0.39 is 0 Å². The molecule has 0 saturated carbocycles. The van der Waals surface area contributed by atoms with Crippen molar-refractivity contribution < 1.29 is 0 Å². The molecule has 2 N–H and O–H groups in total. The number of rotatable bonds is 2. The molecule has 0 aliphatic carbocycles. The van der Waals surface area contributed by atoms with Crippen molar-refractivity contribution in [1.82, 2.24) is 0 Å². The minimum Gasteiger partial charge on any atom is -0.326 e. The van der Waals surface area contributed by atoms with Gasteiger partial charge in [-0.3, -0.25) is 0 Å². The Bertz CT molecular complexity index is 509. The Morgan fingerprint density at radius 2 is 1.94 bits per heavy atom. The highest BCUT2D eigenvalue weighted by molar-refractivity contribution is 9.11. The molecule has 0 aliphatic rings. The van der Waals surface area contributed by atoms with E-state index in [4.69, 9.17) is 5.73 Å². The van der Waals surface area contributed by atoms with Gasteiger partial charge in [-0.05, 0) is 47.0 Å². The summed E-state index contributed by atoms with van der Waals surface area (Å²) in [6.07, 6.45) is 0. The van der Waals surface area contributed by atoms with Crippen molar-refractivity contribution in [2.24, 2.45) is 5.73 Å². The molecule has 0 unspecified atom stereocenters. The van der Waals surface area contributed by atoms with Crippen molar-refractivity contribution in [2.75, 3.05) is 0 Å². The summed E-state index contributed by atoms with van der Waals surface area (Å²) < 4.78 is 2.14. The first-order chi connectivity index (χ1) is 7.70. The van der Waals surface area contributed by atoms with Gasteiger partial charge in [0, 0.05) is 15.5 Å². The van der Waals surface area contributed by atoms with Crippen LogP contribution in [-0.2, 0) is 6.54 Å². The highest BCUT2D eigenvalue weighted by Crippen LogP contribution is 2.31. The van der Waals surface area contributed by atoms with Crippen LogP contribution in [0.2, 0.25) is 0 Å². The van der Waals surface area contributed by atoms with Crippen molar-refractivity contribution in [2.45, 2.75) is 6.54 Å². The third-order valence-corrected chi connectivity index (χ3v) is 3.51. The molecule has 0 atom stereocenters. The monoisotopic (exact) mass is 338 g/mol. The van der Waals surface area contributed by atoms with Crippen LogP contribution in [0, 0.1) is 6.07 Å². The molecule has 1 radical (unpaired) electrons. The Labute approximate surface area is 112 Å². The Kier molecular flexibility index (Phi) is 3.79. The van der Waals surface area contributed by atoms with Crippen molar-refractivity contribution >= 4 is 31.9 Å². The Morgan fingerprint density at radius 3 is 2.69 bits per heavy atom. The maximum absolute atomic E-state index is 5.61. The third kappa shape index (κ3) is 2.54. The van der Waals surface area contributed by atoms with E-state index in [1.165, 1.54) is 0 Å². The lowest BCUT2D eigenvalue weighted by Crippen LogP contribution is -1.96. The van der Waals surface area contributed by atoms with Gasteiger partial charge in [-0.15, -0.1) is 0 Å². The van der Waals surface area contributed by atoms with Crippen LogP contribution in [0.5, 0.6) is 0 Å². The van der Waals surface area contributed by atoms with Gasteiger partial charge in [0.25, 0.3) is 0 Å². The largest absolute Gasteiger partial charge is 0.326 e. The molecular formula is C13H10Br2N. The highest BCUT2D eigenvalue weighted by atomic mass is 79.9. The molecule has 0 saturated heterocycles. The lowest BCUT2D eigenvalue weighted by molar-refractivity contribution is 1.07. The van der Waals surface area contributed by atoms with E-state index in [0.29, 0.717) is 6.54 Å².